The lowest BCUT2D eigenvalue weighted by molar-refractivity contribution is 0.317. The third-order valence-electron chi connectivity index (χ3n) is 2.47. The van der Waals surface area contributed by atoms with Crippen molar-refractivity contribution in [3.05, 3.63) is 47.4 Å². The van der Waals surface area contributed by atoms with Gasteiger partial charge < -0.3 is 14.5 Å². The minimum Gasteiger partial charge on any atom is -0.492 e. The van der Waals surface area contributed by atoms with Gasteiger partial charge in [0.1, 0.15) is 5.75 Å². The molecule has 1 N–H and O–H groups in total. The highest BCUT2D eigenvalue weighted by Crippen LogP contribution is 2.28. The summed E-state index contributed by atoms with van der Waals surface area (Å²) in [5.41, 5.74) is 2.06. The van der Waals surface area contributed by atoms with Crippen LogP contribution in [0.3, 0.4) is 0 Å². The highest BCUT2D eigenvalue weighted by molar-refractivity contribution is 6.32. The van der Waals surface area contributed by atoms with E-state index in [0.717, 1.165) is 23.4 Å². The van der Waals surface area contributed by atoms with Crippen LogP contribution in [0.4, 0.5) is 5.69 Å². The maximum Gasteiger partial charge on any atom is 0.138 e. The Morgan fingerprint density at radius 1 is 1.33 bits per heavy atom. The van der Waals surface area contributed by atoms with Crippen molar-refractivity contribution in [3.63, 3.8) is 0 Å². The lowest BCUT2D eigenvalue weighted by Crippen LogP contribution is -1.99. The molecule has 0 fully saturated rings. The number of halogens is 1. The van der Waals surface area contributed by atoms with Gasteiger partial charge in [-0.2, -0.15) is 0 Å². The second-order valence-electron chi connectivity index (χ2n) is 3.98. The quantitative estimate of drug-likeness (QED) is 0.844. The number of rotatable bonds is 6. The molecule has 0 aliphatic rings. The molecule has 3 nitrogen and oxygen atoms in total. The predicted octanol–water partition coefficient (Wildman–Crippen LogP) is 4.33. The number of ether oxygens (including phenoxy) is 1. The molecule has 0 amide bonds. The molecule has 0 unspecified atom stereocenters. The molecular formula is C14H16ClNO2. The average molecular weight is 266 g/mol. The Kier molecular flexibility index (Phi) is 4.53. The van der Waals surface area contributed by atoms with Crippen molar-refractivity contribution in [2.24, 2.45) is 0 Å². The molecule has 2 rings (SSSR count). The number of hydrogen-bond donors (Lipinski definition) is 1. The lowest BCUT2D eigenvalue weighted by Gasteiger charge is -2.09. The second-order valence-corrected chi connectivity index (χ2v) is 4.39. The van der Waals surface area contributed by atoms with E-state index in [4.69, 9.17) is 20.8 Å². The molecule has 0 bridgehead atoms. The fourth-order valence-corrected chi connectivity index (χ4v) is 1.77. The topological polar surface area (TPSA) is 34.4 Å². The Balaban J connectivity index is 1.95. The summed E-state index contributed by atoms with van der Waals surface area (Å²) < 4.78 is 10.5. The van der Waals surface area contributed by atoms with Gasteiger partial charge in [0.2, 0.25) is 0 Å². The Bertz CT molecular complexity index is 483. The second kappa shape index (κ2) is 6.36. The van der Waals surface area contributed by atoms with Crippen molar-refractivity contribution in [2.45, 2.75) is 19.9 Å². The standard InChI is InChI=1S/C14H16ClNO2/c1-2-6-18-14-4-3-12(8-13(14)15)16-9-11-5-7-17-10-11/h3-5,7-8,10,16H,2,6,9H2,1H3. The van der Waals surface area contributed by atoms with E-state index in [9.17, 15) is 0 Å². The zero-order valence-corrected chi connectivity index (χ0v) is 11.0. The Hall–Kier alpha value is -1.61. The van der Waals surface area contributed by atoms with E-state index in [-0.39, 0.29) is 0 Å². The minimum absolute atomic E-state index is 0.626. The monoisotopic (exact) mass is 265 g/mol. The van der Waals surface area contributed by atoms with Crippen LogP contribution in [0.15, 0.2) is 41.2 Å². The van der Waals surface area contributed by atoms with Crippen LogP contribution in [0.1, 0.15) is 18.9 Å². The average Bonchev–Trinajstić information content (AvgIpc) is 2.88. The summed E-state index contributed by atoms with van der Waals surface area (Å²) in [6.07, 6.45) is 4.34. The summed E-state index contributed by atoms with van der Waals surface area (Å²) in [6, 6.07) is 7.63. The van der Waals surface area contributed by atoms with Crippen LogP contribution >= 0.6 is 11.6 Å². The summed E-state index contributed by atoms with van der Waals surface area (Å²) in [4.78, 5) is 0. The molecule has 0 spiro atoms. The Morgan fingerprint density at radius 2 is 2.22 bits per heavy atom. The molecule has 0 radical (unpaired) electrons. The first-order valence-corrected chi connectivity index (χ1v) is 6.34. The van der Waals surface area contributed by atoms with E-state index in [2.05, 4.69) is 12.2 Å². The fraction of sp³-hybridized carbons (Fsp3) is 0.286. The fourth-order valence-electron chi connectivity index (χ4n) is 1.54. The molecule has 1 heterocycles. The predicted molar refractivity (Wildman–Crippen MR) is 73.3 cm³/mol. The largest absolute Gasteiger partial charge is 0.492 e. The first-order valence-electron chi connectivity index (χ1n) is 5.97. The van der Waals surface area contributed by atoms with Gasteiger partial charge in [-0.3, -0.25) is 0 Å². The number of furan rings is 1. The van der Waals surface area contributed by atoms with Crippen molar-refractivity contribution in [2.75, 3.05) is 11.9 Å². The van der Waals surface area contributed by atoms with Gasteiger partial charge in [-0.05, 0) is 30.7 Å². The molecule has 4 heteroatoms. The highest BCUT2D eigenvalue weighted by Gasteiger charge is 2.03. The van der Waals surface area contributed by atoms with Gasteiger partial charge in [0, 0.05) is 17.8 Å². The third kappa shape index (κ3) is 3.44. The molecule has 0 saturated heterocycles. The molecule has 1 aromatic heterocycles. The van der Waals surface area contributed by atoms with Gasteiger partial charge in [0.25, 0.3) is 0 Å². The maximum absolute atomic E-state index is 6.14. The number of nitrogens with one attached hydrogen (secondary N) is 1. The first kappa shape index (κ1) is 12.8. The van der Waals surface area contributed by atoms with E-state index < -0.39 is 0 Å². The van der Waals surface area contributed by atoms with Gasteiger partial charge in [-0.15, -0.1) is 0 Å². The van der Waals surface area contributed by atoms with Crippen molar-refractivity contribution in [1.82, 2.24) is 0 Å². The van der Waals surface area contributed by atoms with Gasteiger partial charge >= 0.3 is 0 Å². The highest BCUT2D eigenvalue weighted by atomic mass is 35.5. The number of anilines is 1. The zero-order valence-electron chi connectivity index (χ0n) is 10.3. The summed E-state index contributed by atoms with van der Waals surface area (Å²) in [5, 5.41) is 3.90. The summed E-state index contributed by atoms with van der Waals surface area (Å²) >= 11 is 6.14. The van der Waals surface area contributed by atoms with Gasteiger partial charge in [-0.1, -0.05) is 18.5 Å². The van der Waals surface area contributed by atoms with Crippen LogP contribution in [0, 0.1) is 0 Å². The summed E-state index contributed by atoms with van der Waals surface area (Å²) in [6.45, 7) is 3.46. The van der Waals surface area contributed by atoms with Gasteiger partial charge in [-0.25, -0.2) is 0 Å². The summed E-state index contributed by atoms with van der Waals surface area (Å²) in [7, 11) is 0. The SMILES string of the molecule is CCCOc1ccc(NCc2ccoc2)cc1Cl. The normalized spacial score (nSPS) is 10.3. The van der Waals surface area contributed by atoms with Crippen molar-refractivity contribution in [3.8, 4) is 5.75 Å². The molecule has 0 aliphatic heterocycles. The van der Waals surface area contributed by atoms with Crippen LogP contribution in [0.5, 0.6) is 5.75 Å². The van der Waals surface area contributed by atoms with Crippen LogP contribution in [0.25, 0.3) is 0 Å². The third-order valence-corrected chi connectivity index (χ3v) is 2.77. The van der Waals surface area contributed by atoms with Crippen LogP contribution in [-0.4, -0.2) is 6.61 Å². The van der Waals surface area contributed by atoms with Crippen LogP contribution < -0.4 is 10.1 Å². The summed E-state index contributed by atoms with van der Waals surface area (Å²) in [5.74, 6) is 0.729. The van der Waals surface area contributed by atoms with E-state index in [1.807, 2.05) is 24.3 Å². The first-order chi connectivity index (χ1) is 8.79. The molecule has 0 aliphatic carbocycles. The minimum atomic E-state index is 0.626. The smallest absolute Gasteiger partial charge is 0.138 e. The van der Waals surface area contributed by atoms with Crippen LogP contribution in [-0.2, 0) is 6.54 Å². The van der Waals surface area contributed by atoms with Crippen molar-refractivity contribution < 1.29 is 9.15 Å². The molecule has 18 heavy (non-hydrogen) atoms. The Morgan fingerprint density at radius 3 is 2.89 bits per heavy atom. The van der Waals surface area contributed by atoms with E-state index in [0.29, 0.717) is 18.2 Å². The zero-order chi connectivity index (χ0) is 12.8. The molecule has 2 aromatic rings. The van der Waals surface area contributed by atoms with Crippen LogP contribution in [0.2, 0.25) is 5.02 Å². The lowest BCUT2D eigenvalue weighted by atomic mass is 10.2. The molecule has 0 atom stereocenters. The molecular weight excluding hydrogens is 250 g/mol. The van der Waals surface area contributed by atoms with E-state index in [1.165, 1.54) is 0 Å². The van der Waals surface area contributed by atoms with E-state index in [1.54, 1.807) is 12.5 Å². The Labute approximate surface area is 112 Å². The molecule has 1 aromatic carbocycles. The van der Waals surface area contributed by atoms with Gasteiger partial charge in [0.15, 0.2) is 0 Å². The maximum atomic E-state index is 6.14. The van der Waals surface area contributed by atoms with Crippen molar-refractivity contribution in [1.29, 1.82) is 0 Å². The van der Waals surface area contributed by atoms with E-state index >= 15 is 0 Å². The molecule has 0 saturated carbocycles. The number of hydrogen-bond acceptors (Lipinski definition) is 3. The van der Waals surface area contributed by atoms with Gasteiger partial charge in [0.05, 0.1) is 24.2 Å². The van der Waals surface area contributed by atoms with Crippen molar-refractivity contribution >= 4 is 17.3 Å². The number of benzene rings is 1. The molecule has 96 valence electrons.